The van der Waals surface area contributed by atoms with Gasteiger partial charge in [-0.05, 0) is 24.3 Å². The quantitative estimate of drug-likeness (QED) is 0.303. The minimum Gasteiger partial charge on any atom is -0.492 e. The molecule has 0 aromatic heterocycles. The first-order valence-electron chi connectivity index (χ1n) is 10.5. The zero-order chi connectivity index (χ0) is 23.0. The lowest BCUT2D eigenvalue weighted by Gasteiger charge is -2.33. The zero-order valence-electron chi connectivity index (χ0n) is 17.9. The maximum atomic E-state index is 12.6. The van der Waals surface area contributed by atoms with Crippen LogP contribution in [-0.2, 0) is 9.53 Å². The Bertz CT molecular complexity index is 1070. The van der Waals surface area contributed by atoms with Crippen LogP contribution in [0.25, 0.3) is 0 Å². The number of nitriles is 1. The van der Waals surface area contributed by atoms with Gasteiger partial charge >= 0.3 is 0 Å². The number of guanidine groups is 1. The van der Waals surface area contributed by atoms with E-state index >= 15 is 0 Å². The first-order chi connectivity index (χ1) is 16.2. The number of benzene rings is 2. The summed E-state index contributed by atoms with van der Waals surface area (Å²) in [6.07, 6.45) is 1.82. The molecule has 1 saturated heterocycles. The third-order valence-corrected chi connectivity index (χ3v) is 5.48. The molecule has 2 aliphatic heterocycles. The molecule has 1 N–H and O–H groups in total. The number of rotatable bonds is 6. The van der Waals surface area contributed by atoms with E-state index in [1.165, 1.54) is 0 Å². The number of morpholine rings is 1. The number of carbonyl (C=O) groups excluding carboxylic acids is 1. The van der Waals surface area contributed by atoms with Gasteiger partial charge in [0.05, 0.1) is 31.4 Å². The number of carbonyl (C=O) groups is 1. The molecular weight excluding hydrogens is 444 g/mol. The number of amides is 1. The lowest BCUT2D eigenvalue weighted by molar-refractivity contribution is -0.143. The van der Waals surface area contributed by atoms with Crippen LogP contribution in [0, 0.1) is 11.5 Å². The summed E-state index contributed by atoms with van der Waals surface area (Å²) in [6, 6.07) is 16.4. The molecule has 2 heterocycles. The molecule has 0 aliphatic carbocycles. The van der Waals surface area contributed by atoms with Crippen LogP contribution in [0.5, 0.6) is 5.75 Å². The van der Waals surface area contributed by atoms with Crippen molar-refractivity contribution in [1.29, 1.82) is 5.26 Å². The summed E-state index contributed by atoms with van der Waals surface area (Å²) >= 11 is 6.05. The molecule has 1 amide bonds. The van der Waals surface area contributed by atoms with Crippen LogP contribution in [0.3, 0.4) is 0 Å². The van der Waals surface area contributed by atoms with Gasteiger partial charge in [-0.2, -0.15) is 10.4 Å². The lowest BCUT2D eigenvalue weighted by Crippen LogP contribution is -2.53. The Labute approximate surface area is 196 Å². The van der Waals surface area contributed by atoms with Crippen molar-refractivity contribution in [3.05, 3.63) is 65.2 Å². The smallest absolute Gasteiger partial charge is 0.249 e. The molecule has 2 aromatic carbocycles. The van der Waals surface area contributed by atoms with E-state index in [-0.39, 0.29) is 18.6 Å². The van der Waals surface area contributed by atoms with Crippen molar-refractivity contribution in [3.63, 3.8) is 0 Å². The molecule has 0 bridgehead atoms. The second-order valence-electron chi connectivity index (χ2n) is 7.35. The Morgan fingerprint density at radius 3 is 2.79 bits per heavy atom. The van der Waals surface area contributed by atoms with E-state index in [1.54, 1.807) is 22.0 Å². The first kappa shape index (κ1) is 22.6. The van der Waals surface area contributed by atoms with Crippen molar-refractivity contribution in [3.8, 4) is 11.9 Å². The molecule has 1 atom stereocenters. The number of ether oxygens (including phenoxy) is 2. The van der Waals surface area contributed by atoms with E-state index in [9.17, 15) is 10.1 Å². The molecule has 2 aromatic rings. The van der Waals surface area contributed by atoms with Crippen LogP contribution in [-0.4, -0.2) is 73.0 Å². The number of hydrogen-bond acceptors (Lipinski definition) is 6. The second-order valence-corrected chi connectivity index (χ2v) is 7.79. The fourth-order valence-electron chi connectivity index (χ4n) is 3.68. The number of nitrogens with zero attached hydrogens (tertiary/aromatic N) is 5. The summed E-state index contributed by atoms with van der Waals surface area (Å²) in [5.74, 6) is 0.953. The predicted molar refractivity (Wildman–Crippen MR) is 124 cm³/mol. The number of para-hydroxylation sites is 1. The van der Waals surface area contributed by atoms with Crippen LogP contribution in [0.1, 0.15) is 5.56 Å². The average Bonchev–Trinajstić information content (AvgIpc) is 3.27. The number of hydrogen-bond donors (Lipinski definition) is 1. The van der Waals surface area contributed by atoms with Crippen molar-refractivity contribution in [1.82, 2.24) is 15.2 Å². The average molecular weight is 467 g/mol. The second kappa shape index (κ2) is 10.8. The molecule has 4 rings (SSSR count). The molecule has 1 fully saturated rings. The fourth-order valence-corrected chi connectivity index (χ4v) is 3.81. The molecule has 0 saturated carbocycles. The van der Waals surface area contributed by atoms with Gasteiger partial charge in [0.1, 0.15) is 19.0 Å². The van der Waals surface area contributed by atoms with E-state index in [0.717, 1.165) is 11.3 Å². The molecule has 9 nitrogen and oxygen atoms in total. The first-order valence-corrected chi connectivity index (χ1v) is 10.9. The Kier molecular flexibility index (Phi) is 7.40. The molecule has 2 aliphatic rings. The van der Waals surface area contributed by atoms with E-state index in [1.807, 2.05) is 48.7 Å². The lowest BCUT2D eigenvalue weighted by atomic mass is 10.0. The van der Waals surface area contributed by atoms with Gasteiger partial charge in [0.15, 0.2) is 0 Å². The van der Waals surface area contributed by atoms with Gasteiger partial charge in [0.25, 0.3) is 0 Å². The Morgan fingerprint density at radius 1 is 1.27 bits per heavy atom. The highest BCUT2D eigenvalue weighted by Gasteiger charge is 2.38. The van der Waals surface area contributed by atoms with Gasteiger partial charge in [0, 0.05) is 17.1 Å². The maximum absolute atomic E-state index is 12.6. The summed E-state index contributed by atoms with van der Waals surface area (Å²) in [5.41, 5.74) is 1.55. The zero-order valence-corrected chi connectivity index (χ0v) is 18.6. The molecule has 170 valence electrons. The topological polar surface area (TPSA) is 103 Å². The SMILES string of the molecule is N#C/N=C(\NCCOc1ccccc1)N1CC(N2CCOCC2=O)C(c2ccc(Cl)cc2)=N1. The summed E-state index contributed by atoms with van der Waals surface area (Å²) in [4.78, 5) is 18.2. The van der Waals surface area contributed by atoms with Crippen LogP contribution in [0.15, 0.2) is 64.7 Å². The summed E-state index contributed by atoms with van der Waals surface area (Å²) in [6.45, 7) is 2.12. The molecular formula is C23H23ClN6O3. The molecule has 10 heteroatoms. The number of halogens is 1. The molecule has 1 unspecified atom stereocenters. The summed E-state index contributed by atoms with van der Waals surface area (Å²) in [7, 11) is 0. The third kappa shape index (κ3) is 5.61. The van der Waals surface area contributed by atoms with E-state index in [2.05, 4.69) is 10.3 Å². The highest BCUT2D eigenvalue weighted by Crippen LogP contribution is 2.22. The van der Waals surface area contributed by atoms with E-state index in [0.29, 0.717) is 49.5 Å². The van der Waals surface area contributed by atoms with Gasteiger partial charge < -0.3 is 19.7 Å². The van der Waals surface area contributed by atoms with Crippen molar-refractivity contribution < 1.29 is 14.3 Å². The van der Waals surface area contributed by atoms with Gasteiger partial charge in [-0.15, -0.1) is 4.99 Å². The highest BCUT2D eigenvalue weighted by molar-refractivity contribution is 6.30. The minimum atomic E-state index is -0.311. The monoisotopic (exact) mass is 466 g/mol. The van der Waals surface area contributed by atoms with Crippen LogP contribution >= 0.6 is 11.6 Å². The molecule has 33 heavy (non-hydrogen) atoms. The standard InChI is InChI=1S/C23H23ClN6O3/c24-18-8-6-17(7-9-18)22-20(29-11-13-32-15-21(29)31)14-30(28-22)23(27-16-25)26-10-12-33-19-4-2-1-3-5-19/h1-9,20H,10-15H2,(H,26,27). The van der Waals surface area contributed by atoms with Crippen LogP contribution in [0.4, 0.5) is 0 Å². The van der Waals surface area contributed by atoms with Gasteiger partial charge in [0.2, 0.25) is 18.1 Å². The Hall–Kier alpha value is -3.61. The Balaban J connectivity index is 1.50. The van der Waals surface area contributed by atoms with Gasteiger partial charge in [-0.25, -0.2) is 5.01 Å². The Morgan fingerprint density at radius 2 is 2.06 bits per heavy atom. The fraction of sp³-hybridized carbons (Fsp3) is 0.304. The summed E-state index contributed by atoms with van der Waals surface area (Å²) in [5, 5.41) is 19.3. The van der Waals surface area contributed by atoms with Crippen molar-refractivity contribution >= 4 is 29.2 Å². The minimum absolute atomic E-state index is 0.0403. The number of nitrogens with one attached hydrogen (secondary N) is 1. The third-order valence-electron chi connectivity index (χ3n) is 5.23. The predicted octanol–water partition coefficient (Wildman–Crippen LogP) is 2.09. The molecule has 0 radical (unpaired) electrons. The van der Waals surface area contributed by atoms with Gasteiger partial charge in [-0.3, -0.25) is 4.79 Å². The van der Waals surface area contributed by atoms with E-state index in [4.69, 9.17) is 26.2 Å². The van der Waals surface area contributed by atoms with Crippen molar-refractivity contribution in [2.24, 2.45) is 10.1 Å². The highest BCUT2D eigenvalue weighted by atomic mass is 35.5. The summed E-state index contributed by atoms with van der Waals surface area (Å²) < 4.78 is 11.0. The van der Waals surface area contributed by atoms with Crippen LogP contribution in [0.2, 0.25) is 5.02 Å². The maximum Gasteiger partial charge on any atom is 0.249 e. The van der Waals surface area contributed by atoms with E-state index < -0.39 is 0 Å². The largest absolute Gasteiger partial charge is 0.492 e. The van der Waals surface area contributed by atoms with Crippen molar-refractivity contribution in [2.75, 3.05) is 39.5 Å². The van der Waals surface area contributed by atoms with Crippen molar-refractivity contribution in [2.45, 2.75) is 6.04 Å². The van der Waals surface area contributed by atoms with Gasteiger partial charge in [-0.1, -0.05) is 41.9 Å². The number of aliphatic imine (C=N–C) groups is 1. The van der Waals surface area contributed by atoms with Crippen LogP contribution < -0.4 is 10.1 Å². The number of hydrazone groups is 1. The molecule has 0 spiro atoms. The normalized spacial score (nSPS) is 18.7.